The highest BCUT2D eigenvalue weighted by molar-refractivity contribution is 3.93. The molecule has 0 rings (SSSR count). The second-order valence-electron chi connectivity index (χ2n) is 2.24. The Labute approximate surface area is 62.5 Å². The Hall–Kier alpha value is 0.650. The molecule has 0 aromatic carbocycles. The monoisotopic (exact) mass is 216 g/mol. The lowest BCUT2D eigenvalue weighted by atomic mass is 10.9. The van der Waals surface area contributed by atoms with Gasteiger partial charge in [0.2, 0.25) is 0 Å². The third-order valence-electron chi connectivity index (χ3n) is 0.671. The molecule has 7 heavy (non-hydrogen) atoms. The third kappa shape index (κ3) is 10.8. The van der Waals surface area contributed by atoms with Crippen molar-refractivity contribution in [2.75, 3.05) is 28.2 Å². The zero-order chi connectivity index (χ0) is 5.21. The lowest BCUT2D eigenvalue weighted by Gasteiger charge is -2.20. The van der Waals surface area contributed by atoms with Crippen molar-refractivity contribution >= 4 is 0 Å². The topological polar surface area (TPSA) is 12.0 Å². The number of nitrogens with one attached hydrogen (secondary N) is 1. The standard InChI is InChI=1S/C4H13N2.HI/c1-5-6(2,3)4;/h5H,1-4H3;1H/q+1;/p-1. The van der Waals surface area contributed by atoms with Gasteiger partial charge in [-0.1, -0.05) is 0 Å². The molecule has 0 aromatic heterocycles. The molecular formula is C4H13IN2. The minimum Gasteiger partial charge on any atom is -1.00 e. The fraction of sp³-hybridized carbons (Fsp3) is 1.00. The van der Waals surface area contributed by atoms with E-state index in [2.05, 4.69) is 26.6 Å². The summed E-state index contributed by atoms with van der Waals surface area (Å²) in [5, 5.41) is 0. The van der Waals surface area contributed by atoms with Crippen molar-refractivity contribution in [2.45, 2.75) is 0 Å². The van der Waals surface area contributed by atoms with Gasteiger partial charge in [-0.05, 0) is 0 Å². The van der Waals surface area contributed by atoms with Crippen LogP contribution in [0.3, 0.4) is 0 Å². The summed E-state index contributed by atoms with van der Waals surface area (Å²) < 4.78 is 0.819. The summed E-state index contributed by atoms with van der Waals surface area (Å²) in [5.41, 5.74) is 3.04. The number of halogens is 1. The van der Waals surface area contributed by atoms with Gasteiger partial charge in [-0.3, -0.25) is 4.59 Å². The van der Waals surface area contributed by atoms with E-state index in [1.54, 1.807) is 0 Å². The van der Waals surface area contributed by atoms with Crippen LogP contribution >= 0.6 is 0 Å². The number of rotatable bonds is 1. The van der Waals surface area contributed by atoms with Gasteiger partial charge >= 0.3 is 0 Å². The smallest absolute Gasteiger partial charge is 0.0853 e. The minimum atomic E-state index is 0. The molecule has 0 fully saturated rings. The zero-order valence-electron chi connectivity index (χ0n) is 5.33. The molecule has 0 amide bonds. The molecule has 0 heterocycles. The van der Waals surface area contributed by atoms with Crippen molar-refractivity contribution in [1.29, 1.82) is 0 Å². The molecule has 0 spiro atoms. The first-order valence-corrected chi connectivity index (χ1v) is 2.07. The van der Waals surface area contributed by atoms with Crippen LogP contribution in [-0.4, -0.2) is 32.8 Å². The molecule has 0 bridgehead atoms. The van der Waals surface area contributed by atoms with Crippen LogP contribution in [-0.2, 0) is 0 Å². The number of nitrogens with zero attached hydrogens (tertiary/aromatic N) is 1. The van der Waals surface area contributed by atoms with Crippen LogP contribution in [0.25, 0.3) is 0 Å². The highest BCUT2D eigenvalue weighted by Crippen LogP contribution is 1.73. The summed E-state index contributed by atoms with van der Waals surface area (Å²) in [6.45, 7) is 0. The summed E-state index contributed by atoms with van der Waals surface area (Å²) >= 11 is 0. The van der Waals surface area contributed by atoms with Crippen molar-refractivity contribution in [3.63, 3.8) is 0 Å². The lowest BCUT2D eigenvalue weighted by Crippen LogP contribution is -3.00. The Morgan fingerprint density at radius 2 is 1.29 bits per heavy atom. The van der Waals surface area contributed by atoms with E-state index in [0.717, 1.165) is 4.59 Å². The van der Waals surface area contributed by atoms with Gasteiger partial charge in [-0.15, -0.1) is 0 Å². The molecule has 0 radical (unpaired) electrons. The van der Waals surface area contributed by atoms with Crippen molar-refractivity contribution in [3.8, 4) is 0 Å². The molecule has 0 aliphatic rings. The van der Waals surface area contributed by atoms with Crippen LogP contribution in [0.4, 0.5) is 0 Å². The lowest BCUT2D eigenvalue weighted by molar-refractivity contribution is -0.913. The molecule has 0 saturated heterocycles. The molecule has 0 unspecified atom stereocenters. The van der Waals surface area contributed by atoms with E-state index in [0.29, 0.717) is 0 Å². The van der Waals surface area contributed by atoms with Crippen molar-refractivity contribution < 1.29 is 28.6 Å². The van der Waals surface area contributed by atoms with Gasteiger partial charge in [-0.25, -0.2) is 0 Å². The Morgan fingerprint density at radius 3 is 1.29 bits per heavy atom. The Bertz CT molecular complexity index is 39.4. The molecule has 0 aliphatic heterocycles. The second-order valence-corrected chi connectivity index (χ2v) is 2.24. The van der Waals surface area contributed by atoms with E-state index in [9.17, 15) is 0 Å². The van der Waals surface area contributed by atoms with Gasteiger partial charge in [0.25, 0.3) is 0 Å². The van der Waals surface area contributed by atoms with Gasteiger partial charge < -0.3 is 24.0 Å². The van der Waals surface area contributed by atoms with E-state index in [1.807, 2.05) is 7.05 Å². The highest BCUT2D eigenvalue weighted by Gasteiger charge is 1.97. The zero-order valence-corrected chi connectivity index (χ0v) is 7.48. The fourth-order valence-electron chi connectivity index (χ4n) is 0. The van der Waals surface area contributed by atoms with Crippen molar-refractivity contribution in [2.24, 2.45) is 0 Å². The maximum absolute atomic E-state index is 3.04. The summed E-state index contributed by atoms with van der Waals surface area (Å²) in [6.07, 6.45) is 0. The molecule has 1 N–H and O–H groups in total. The van der Waals surface area contributed by atoms with E-state index < -0.39 is 0 Å². The molecule has 3 heteroatoms. The average Bonchev–Trinajstić information content (AvgIpc) is 1.35. The fourth-order valence-corrected chi connectivity index (χ4v) is 0. The summed E-state index contributed by atoms with van der Waals surface area (Å²) in [5.74, 6) is 0. The van der Waals surface area contributed by atoms with E-state index >= 15 is 0 Å². The molecule has 0 aromatic rings. The molecular weight excluding hydrogens is 203 g/mol. The van der Waals surface area contributed by atoms with Gasteiger partial charge in [0.1, 0.15) is 0 Å². The van der Waals surface area contributed by atoms with E-state index in [-0.39, 0.29) is 24.0 Å². The van der Waals surface area contributed by atoms with Crippen LogP contribution < -0.4 is 29.4 Å². The van der Waals surface area contributed by atoms with Gasteiger partial charge in [-0.2, -0.15) is 5.43 Å². The van der Waals surface area contributed by atoms with Gasteiger partial charge in [0.05, 0.1) is 21.1 Å². The maximum Gasteiger partial charge on any atom is 0.0853 e. The second kappa shape index (κ2) is 3.63. The quantitative estimate of drug-likeness (QED) is 0.277. The molecule has 2 nitrogen and oxygen atoms in total. The molecule has 0 atom stereocenters. The predicted molar refractivity (Wildman–Crippen MR) is 27.1 cm³/mol. The average molecular weight is 216 g/mol. The Kier molecular flexibility index (Phi) is 5.49. The molecule has 0 aliphatic carbocycles. The first-order valence-electron chi connectivity index (χ1n) is 2.07. The molecule has 46 valence electrons. The third-order valence-corrected chi connectivity index (χ3v) is 0.671. The Morgan fingerprint density at radius 1 is 1.14 bits per heavy atom. The highest BCUT2D eigenvalue weighted by atomic mass is 127. The first kappa shape index (κ1) is 10.6. The number of hydrogen-bond donors (Lipinski definition) is 1. The van der Waals surface area contributed by atoms with Crippen molar-refractivity contribution in [1.82, 2.24) is 5.43 Å². The number of hydrogen-bond acceptors (Lipinski definition) is 1. The largest absolute Gasteiger partial charge is 1.00 e. The predicted octanol–water partition coefficient (Wildman–Crippen LogP) is -3.17. The number of quaternary nitrogens is 1. The maximum atomic E-state index is 3.04. The van der Waals surface area contributed by atoms with Gasteiger partial charge in [0.15, 0.2) is 0 Å². The van der Waals surface area contributed by atoms with Crippen LogP contribution in [0.15, 0.2) is 0 Å². The van der Waals surface area contributed by atoms with Crippen molar-refractivity contribution in [3.05, 3.63) is 0 Å². The summed E-state index contributed by atoms with van der Waals surface area (Å²) in [6, 6.07) is 0. The first-order chi connectivity index (χ1) is 2.56. The van der Waals surface area contributed by atoms with Gasteiger partial charge in [0, 0.05) is 7.05 Å². The summed E-state index contributed by atoms with van der Waals surface area (Å²) in [4.78, 5) is 0. The van der Waals surface area contributed by atoms with E-state index in [4.69, 9.17) is 0 Å². The Balaban J connectivity index is 0. The van der Waals surface area contributed by atoms with Crippen LogP contribution in [0.5, 0.6) is 0 Å². The van der Waals surface area contributed by atoms with E-state index in [1.165, 1.54) is 0 Å². The normalized spacial score (nSPS) is 10.3. The molecule has 0 saturated carbocycles. The van der Waals surface area contributed by atoms with Crippen LogP contribution in [0.1, 0.15) is 0 Å². The minimum absolute atomic E-state index is 0. The summed E-state index contributed by atoms with van der Waals surface area (Å²) in [7, 11) is 8.14. The SMILES string of the molecule is CN[N+](C)(C)C.[I-]. The van der Waals surface area contributed by atoms with Crippen LogP contribution in [0.2, 0.25) is 0 Å². The van der Waals surface area contributed by atoms with Crippen LogP contribution in [0, 0.1) is 0 Å².